The lowest BCUT2D eigenvalue weighted by Crippen LogP contribution is -2.42. The third-order valence-corrected chi connectivity index (χ3v) is 4.24. The average Bonchev–Trinajstić information content (AvgIpc) is 2.68. The van der Waals surface area contributed by atoms with Gasteiger partial charge in [0.05, 0.1) is 19.3 Å². The van der Waals surface area contributed by atoms with E-state index >= 15 is 0 Å². The van der Waals surface area contributed by atoms with Crippen molar-refractivity contribution in [2.75, 3.05) is 30.5 Å². The van der Waals surface area contributed by atoms with Gasteiger partial charge in [0.2, 0.25) is 0 Å². The van der Waals surface area contributed by atoms with E-state index in [1.165, 1.54) is 12.0 Å². The molecule has 1 heterocycles. The Labute approximate surface area is 174 Å². The average molecular weight is 412 g/mol. The van der Waals surface area contributed by atoms with E-state index in [9.17, 15) is 14.4 Å². The first kappa shape index (κ1) is 21.2. The molecule has 0 radical (unpaired) electrons. The Morgan fingerprint density at radius 1 is 1.17 bits per heavy atom. The summed E-state index contributed by atoms with van der Waals surface area (Å²) in [5, 5.41) is 2.63. The van der Waals surface area contributed by atoms with E-state index in [1.807, 2.05) is 0 Å². The summed E-state index contributed by atoms with van der Waals surface area (Å²) in [6, 6.07) is 11.6. The third-order valence-electron chi connectivity index (χ3n) is 4.24. The molecular weight excluding hydrogens is 388 g/mol. The standard InChI is InChI=1S/C22H24N2O6/c1-22(2,3)30-21(27)23-15-8-9-19-17(11-15)24(20(26)13-29-19)12-18(25)14-6-5-7-16(10-14)28-4/h5-11H,12-13H2,1-4H3,(H,23,27). The van der Waals surface area contributed by atoms with Crippen molar-refractivity contribution >= 4 is 29.2 Å². The van der Waals surface area contributed by atoms with Crippen LogP contribution >= 0.6 is 0 Å². The van der Waals surface area contributed by atoms with E-state index < -0.39 is 11.7 Å². The number of carbonyl (C=O) groups is 3. The molecule has 8 nitrogen and oxygen atoms in total. The largest absolute Gasteiger partial charge is 0.497 e. The van der Waals surface area contributed by atoms with Crippen molar-refractivity contribution in [3.8, 4) is 11.5 Å². The van der Waals surface area contributed by atoms with Crippen molar-refractivity contribution in [1.82, 2.24) is 0 Å². The lowest BCUT2D eigenvalue weighted by Gasteiger charge is -2.29. The Morgan fingerprint density at radius 3 is 2.63 bits per heavy atom. The number of methoxy groups -OCH3 is 1. The summed E-state index contributed by atoms with van der Waals surface area (Å²) in [4.78, 5) is 38.7. The normalized spacial score (nSPS) is 13.2. The number of ketones is 1. The monoisotopic (exact) mass is 412 g/mol. The van der Waals surface area contributed by atoms with E-state index in [0.29, 0.717) is 28.4 Å². The molecule has 1 N–H and O–H groups in total. The van der Waals surface area contributed by atoms with Gasteiger partial charge in [-0.05, 0) is 51.1 Å². The third kappa shape index (κ3) is 5.08. The number of amides is 2. The van der Waals surface area contributed by atoms with Gasteiger partial charge in [-0.3, -0.25) is 19.8 Å². The number of benzene rings is 2. The summed E-state index contributed by atoms with van der Waals surface area (Å²) in [6.45, 7) is 4.95. The fourth-order valence-electron chi connectivity index (χ4n) is 2.91. The second-order valence-corrected chi connectivity index (χ2v) is 7.73. The first-order valence-corrected chi connectivity index (χ1v) is 9.41. The molecule has 0 fully saturated rings. The number of fused-ring (bicyclic) bond motifs is 1. The maximum atomic E-state index is 12.8. The molecule has 0 atom stereocenters. The molecule has 1 aliphatic heterocycles. The molecule has 2 aromatic carbocycles. The molecule has 30 heavy (non-hydrogen) atoms. The minimum Gasteiger partial charge on any atom is -0.497 e. The Hall–Kier alpha value is -3.55. The van der Waals surface area contributed by atoms with Crippen molar-refractivity contribution in [2.45, 2.75) is 26.4 Å². The van der Waals surface area contributed by atoms with Crippen LogP contribution in [0.1, 0.15) is 31.1 Å². The topological polar surface area (TPSA) is 94.2 Å². The van der Waals surface area contributed by atoms with E-state index in [-0.39, 0.29) is 24.8 Å². The van der Waals surface area contributed by atoms with Gasteiger partial charge in [-0.25, -0.2) is 4.79 Å². The Balaban J connectivity index is 1.82. The molecule has 0 aliphatic carbocycles. The van der Waals surface area contributed by atoms with E-state index in [2.05, 4.69) is 5.32 Å². The SMILES string of the molecule is COc1cccc(C(=O)CN2C(=O)COc3ccc(NC(=O)OC(C)(C)C)cc32)c1. The molecule has 2 amide bonds. The van der Waals surface area contributed by atoms with Crippen LogP contribution < -0.4 is 19.7 Å². The second-order valence-electron chi connectivity index (χ2n) is 7.73. The van der Waals surface area contributed by atoms with Crippen molar-refractivity contribution in [3.05, 3.63) is 48.0 Å². The van der Waals surface area contributed by atoms with E-state index in [0.717, 1.165) is 0 Å². The van der Waals surface area contributed by atoms with Crippen molar-refractivity contribution in [3.63, 3.8) is 0 Å². The predicted molar refractivity (Wildman–Crippen MR) is 111 cm³/mol. The molecule has 0 saturated carbocycles. The molecular formula is C22H24N2O6. The van der Waals surface area contributed by atoms with Crippen molar-refractivity contribution < 1.29 is 28.6 Å². The first-order valence-electron chi connectivity index (χ1n) is 9.41. The minimum atomic E-state index is -0.646. The summed E-state index contributed by atoms with van der Waals surface area (Å²) in [7, 11) is 1.52. The quantitative estimate of drug-likeness (QED) is 0.754. The van der Waals surface area contributed by atoms with Gasteiger partial charge >= 0.3 is 6.09 Å². The molecule has 0 aromatic heterocycles. The van der Waals surface area contributed by atoms with Crippen LogP contribution in [0.5, 0.6) is 11.5 Å². The molecule has 3 rings (SSSR count). The number of rotatable bonds is 5. The molecule has 0 bridgehead atoms. The fraction of sp³-hybridized carbons (Fsp3) is 0.318. The van der Waals surface area contributed by atoms with Crippen LogP contribution in [-0.2, 0) is 9.53 Å². The van der Waals surface area contributed by atoms with Crippen LogP contribution in [0.15, 0.2) is 42.5 Å². The first-order chi connectivity index (χ1) is 14.2. The summed E-state index contributed by atoms with van der Waals surface area (Å²) >= 11 is 0. The second kappa shape index (κ2) is 8.44. The lowest BCUT2D eigenvalue weighted by molar-refractivity contribution is -0.121. The number of anilines is 2. The molecule has 2 aromatic rings. The van der Waals surface area contributed by atoms with Gasteiger partial charge in [-0.15, -0.1) is 0 Å². The van der Waals surface area contributed by atoms with Gasteiger partial charge in [0, 0.05) is 11.3 Å². The van der Waals surface area contributed by atoms with Gasteiger partial charge in [-0.2, -0.15) is 0 Å². The molecule has 158 valence electrons. The zero-order valence-electron chi connectivity index (χ0n) is 17.4. The van der Waals surface area contributed by atoms with Gasteiger partial charge < -0.3 is 14.2 Å². The van der Waals surface area contributed by atoms with Gasteiger partial charge in [-0.1, -0.05) is 12.1 Å². The molecule has 0 spiro atoms. The van der Waals surface area contributed by atoms with Crippen LogP contribution in [-0.4, -0.2) is 43.6 Å². The number of nitrogens with zero attached hydrogens (tertiary/aromatic N) is 1. The summed E-state index contributed by atoms with van der Waals surface area (Å²) < 4.78 is 15.9. The highest BCUT2D eigenvalue weighted by Crippen LogP contribution is 2.35. The number of ether oxygens (including phenoxy) is 3. The zero-order chi connectivity index (χ0) is 21.9. The molecule has 8 heteroatoms. The van der Waals surface area contributed by atoms with E-state index in [4.69, 9.17) is 14.2 Å². The summed E-state index contributed by atoms with van der Waals surface area (Å²) in [5.74, 6) is 0.398. The van der Waals surface area contributed by atoms with Gasteiger partial charge in [0.15, 0.2) is 12.4 Å². The molecule has 0 saturated heterocycles. The van der Waals surface area contributed by atoms with Crippen LogP contribution in [0.3, 0.4) is 0 Å². The summed E-state index contributed by atoms with van der Waals surface area (Å²) in [5.41, 5.74) is 0.599. The Kier molecular flexibility index (Phi) is 5.96. The Bertz CT molecular complexity index is 980. The summed E-state index contributed by atoms with van der Waals surface area (Å²) in [6.07, 6.45) is -0.621. The predicted octanol–water partition coefficient (Wildman–Crippen LogP) is 3.65. The maximum absolute atomic E-state index is 12.8. The highest BCUT2D eigenvalue weighted by atomic mass is 16.6. The zero-order valence-corrected chi connectivity index (χ0v) is 17.4. The van der Waals surface area contributed by atoms with Gasteiger partial charge in [0.1, 0.15) is 17.1 Å². The number of nitrogens with one attached hydrogen (secondary N) is 1. The van der Waals surface area contributed by atoms with Crippen LogP contribution in [0.2, 0.25) is 0 Å². The number of carbonyl (C=O) groups excluding carboxylic acids is 3. The number of Topliss-reactive ketones (excluding diaryl/α,β-unsaturated/α-hetero) is 1. The fourth-order valence-corrected chi connectivity index (χ4v) is 2.91. The van der Waals surface area contributed by atoms with Crippen LogP contribution in [0.4, 0.5) is 16.2 Å². The number of hydrogen-bond acceptors (Lipinski definition) is 6. The van der Waals surface area contributed by atoms with Gasteiger partial charge in [0.25, 0.3) is 5.91 Å². The molecule has 1 aliphatic rings. The smallest absolute Gasteiger partial charge is 0.412 e. The van der Waals surface area contributed by atoms with Crippen molar-refractivity contribution in [2.24, 2.45) is 0 Å². The van der Waals surface area contributed by atoms with Crippen molar-refractivity contribution in [1.29, 1.82) is 0 Å². The maximum Gasteiger partial charge on any atom is 0.412 e. The number of hydrogen-bond donors (Lipinski definition) is 1. The highest BCUT2D eigenvalue weighted by molar-refractivity contribution is 6.07. The van der Waals surface area contributed by atoms with E-state index in [1.54, 1.807) is 63.2 Å². The van der Waals surface area contributed by atoms with Crippen LogP contribution in [0, 0.1) is 0 Å². The molecule has 0 unspecified atom stereocenters. The highest BCUT2D eigenvalue weighted by Gasteiger charge is 2.28. The minimum absolute atomic E-state index is 0.168. The Morgan fingerprint density at radius 2 is 1.93 bits per heavy atom. The van der Waals surface area contributed by atoms with Crippen LogP contribution in [0.25, 0.3) is 0 Å². The lowest BCUT2D eigenvalue weighted by atomic mass is 10.1.